The van der Waals surface area contributed by atoms with Gasteiger partial charge in [0, 0.05) is 66.1 Å². The van der Waals surface area contributed by atoms with E-state index in [4.69, 9.17) is 19.9 Å². The summed E-state index contributed by atoms with van der Waals surface area (Å²) in [5.41, 5.74) is 3.88. The molecular weight excluding hydrogens is 1040 g/mol. The van der Waals surface area contributed by atoms with Crippen LogP contribution in [-0.4, -0.2) is 105 Å². The maximum atomic E-state index is 13.6. The number of carbonyl (C=O) groups excluding carboxylic acids is 3. The monoisotopic (exact) mass is 1100 g/mol. The first kappa shape index (κ1) is 52.8. The number of carbonyl (C=O) groups is 3. The molecule has 2 fully saturated rings. The SMILES string of the molecule is CCCCCCCCCC[n+]1cccc([C@@H]2CCCN2C)c1.COc1cccc2c1C(=O)c1c(O)c3c(c(O)c1C2=O)C[C@@](O)(C(=O)CO)C[C@@H]3O[C@H]1C[C@H](N)[C@H](O)[C@H](C)O1.I.[I-]. The maximum Gasteiger partial charge on any atom is 0.202 e. The molecular formula is C47H65I2N3O11. The number of halogens is 2. The van der Waals surface area contributed by atoms with Gasteiger partial charge in [0.25, 0.3) is 0 Å². The minimum Gasteiger partial charge on any atom is -1.00 e. The summed E-state index contributed by atoms with van der Waals surface area (Å²) in [6.45, 7) is 5.27. The third-order valence-electron chi connectivity index (χ3n) is 12.9. The smallest absolute Gasteiger partial charge is 0.202 e. The second-order valence-corrected chi connectivity index (χ2v) is 17.1. The number of likely N-dealkylation sites (tertiary alicyclic amines) is 1. The van der Waals surface area contributed by atoms with E-state index in [9.17, 15) is 39.9 Å². The van der Waals surface area contributed by atoms with Crippen molar-refractivity contribution in [1.82, 2.24) is 4.90 Å². The summed E-state index contributed by atoms with van der Waals surface area (Å²) in [5.74, 6) is -3.77. The van der Waals surface area contributed by atoms with Crippen LogP contribution >= 0.6 is 24.0 Å². The quantitative estimate of drug-likeness (QED) is 0.0438. The minimum absolute atomic E-state index is 0. The number of nitrogens with zero attached hydrogens (tertiary/aromatic N) is 2. The second kappa shape index (κ2) is 23.6. The third-order valence-corrected chi connectivity index (χ3v) is 12.9. The summed E-state index contributed by atoms with van der Waals surface area (Å²) >= 11 is 0. The Balaban J connectivity index is 0.000000311. The summed E-state index contributed by atoms with van der Waals surface area (Å²) in [6.07, 6.45) is 13.3. The molecule has 0 spiro atoms. The van der Waals surface area contributed by atoms with Crippen molar-refractivity contribution < 1.29 is 82.7 Å². The van der Waals surface area contributed by atoms with Gasteiger partial charge in [-0.05, 0) is 51.9 Å². The van der Waals surface area contributed by atoms with Crippen molar-refractivity contribution in [3.8, 4) is 17.2 Å². The molecule has 1 aromatic heterocycles. The maximum absolute atomic E-state index is 13.6. The van der Waals surface area contributed by atoms with Gasteiger partial charge in [0.1, 0.15) is 36.0 Å². The lowest BCUT2D eigenvalue weighted by Gasteiger charge is -2.42. The number of ketones is 3. The van der Waals surface area contributed by atoms with Crippen LogP contribution < -0.4 is 39.0 Å². The number of hydrogen-bond acceptors (Lipinski definition) is 13. The number of pyridine rings is 1. The van der Waals surface area contributed by atoms with Crippen LogP contribution in [0.25, 0.3) is 0 Å². The van der Waals surface area contributed by atoms with Gasteiger partial charge in [0.2, 0.25) is 5.78 Å². The fourth-order valence-corrected chi connectivity index (χ4v) is 9.39. The summed E-state index contributed by atoms with van der Waals surface area (Å²) in [6, 6.07) is 8.81. The van der Waals surface area contributed by atoms with Crippen LogP contribution in [-0.2, 0) is 27.2 Å². The van der Waals surface area contributed by atoms with Crippen molar-refractivity contribution in [1.29, 1.82) is 0 Å². The van der Waals surface area contributed by atoms with Crippen molar-refractivity contribution in [2.45, 2.75) is 146 Å². The summed E-state index contributed by atoms with van der Waals surface area (Å²) in [5, 5.41) is 53.7. The van der Waals surface area contributed by atoms with Gasteiger partial charge >= 0.3 is 0 Å². The van der Waals surface area contributed by atoms with Crippen LogP contribution in [0.4, 0.5) is 0 Å². The van der Waals surface area contributed by atoms with Crippen LogP contribution in [0, 0.1) is 0 Å². The van der Waals surface area contributed by atoms with Crippen molar-refractivity contribution in [3.05, 3.63) is 81.7 Å². The average Bonchev–Trinajstić information content (AvgIpc) is 3.69. The first-order chi connectivity index (χ1) is 29.2. The van der Waals surface area contributed by atoms with Gasteiger partial charge in [-0.25, -0.2) is 4.57 Å². The number of Topliss-reactive ketones (excluding diaryl/α,β-unsaturated/α-hetero) is 1. The van der Waals surface area contributed by atoms with Crippen molar-refractivity contribution >= 4 is 41.3 Å². The molecule has 14 nitrogen and oxygen atoms in total. The number of ether oxygens (including phenoxy) is 3. The number of benzene rings is 2. The van der Waals surface area contributed by atoms with E-state index in [1.807, 2.05) is 0 Å². The first-order valence-corrected chi connectivity index (χ1v) is 21.9. The van der Waals surface area contributed by atoms with Gasteiger partial charge in [-0.1, -0.05) is 57.6 Å². The molecule has 7 atom stereocenters. The molecule has 63 heavy (non-hydrogen) atoms. The normalized spacial score (nSPS) is 25.1. The Labute approximate surface area is 404 Å². The zero-order valence-corrected chi connectivity index (χ0v) is 41.3. The topological polar surface area (TPSA) is 213 Å². The van der Waals surface area contributed by atoms with Crippen LogP contribution in [0.5, 0.6) is 17.2 Å². The second-order valence-electron chi connectivity index (χ2n) is 17.1. The van der Waals surface area contributed by atoms with Gasteiger partial charge in [-0.15, -0.1) is 24.0 Å². The zero-order chi connectivity index (χ0) is 44.0. The number of aryl methyl sites for hydroxylation is 1. The fourth-order valence-electron chi connectivity index (χ4n) is 9.39. The molecule has 2 aliphatic carbocycles. The predicted octanol–water partition coefficient (Wildman–Crippen LogP) is 2.50. The van der Waals surface area contributed by atoms with Gasteiger partial charge in [0.15, 0.2) is 30.3 Å². The average molecular weight is 1100 g/mol. The number of phenols is 2. The van der Waals surface area contributed by atoms with E-state index >= 15 is 0 Å². The van der Waals surface area contributed by atoms with E-state index < -0.39 is 95.7 Å². The number of nitrogens with two attached hydrogens (primary N) is 1. The highest BCUT2D eigenvalue weighted by molar-refractivity contribution is 14.0. The van der Waals surface area contributed by atoms with Crippen LogP contribution in [0.1, 0.15) is 152 Å². The molecule has 2 aliphatic heterocycles. The number of aliphatic hydroxyl groups is 3. The lowest BCUT2D eigenvalue weighted by Crippen LogP contribution is -3.00. The molecule has 2 aromatic carbocycles. The van der Waals surface area contributed by atoms with Crippen LogP contribution in [0.2, 0.25) is 0 Å². The molecule has 0 amide bonds. The molecule has 0 unspecified atom stereocenters. The number of aromatic nitrogens is 1. The molecule has 2 saturated heterocycles. The number of aromatic hydroxyl groups is 2. The predicted molar refractivity (Wildman–Crippen MR) is 241 cm³/mol. The van der Waals surface area contributed by atoms with Gasteiger partial charge < -0.3 is 69.5 Å². The Hall–Kier alpha value is -2.82. The minimum atomic E-state index is -2.24. The third kappa shape index (κ3) is 11.6. The highest BCUT2D eigenvalue weighted by Gasteiger charge is 2.50. The fraction of sp³-hybridized carbons (Fsp3) is 0.574. The molecule has 0 radical (unpaired) electrons. The molecule has 16 heteroatoms. The lowest BCUT2D eigenvalue weighted by molar-refractivity contribution is -0.697. The Kier molecular flexibility index (Phi) is 19.8. The number of phenolic OH excluding ortho intramolecular Hbond substituents is 2. The van der Waals surface area contributed by atoms with Crippen LogP contribution in [0.3, 0.4) is 0 Å². The number of hydrogen-bond donors (Lipinski definition) is 6. The highest BCUT2D eigenvalue weighted by atomic mass is 127. The summed E-state index contributed by atoms with van der Waals surface area (Å²) in [7, 11) is 3.58. The molecule has 348 valence electrons. The number of aliphatic hydroxyl groups excluding tert-OH is 2. The van der Waals surface area contributed by atoms with E-state index in [0.29, 0.717) is 6.04 Å². The van der Waals surface area contributed by atoms with Crippen molar-refractivity contribution in [3.63, 3.8) is 0 Å². The van der Waals surface area contributed by atoms with Gasteiger partial charge in [-0.3, -0.25) is 19.3 Å². The van der Waals surface area contributed by atoms with E-state index in [2.05, 4.69) is 48.0 Å². The molecule has 3 heterocycles. The molecule has 0 saturated carbocycles. The van der Waals surface area contributed by atoms with Crippen LogP contribution in [0.15, 0.2) is 42.7 Å². The zero-order valence-electron chi connectivity index (χ0n) is 36.8. The number of unbranched alkanes of at least 4 members (excludes halogenated alkanes) is 7. The van der Waals surface area contributed by atoms with E-state index in [-0.39, 0.29) is 82.4 Å². The molecule has 3 aromatic rings. The standard InChI is InChI=1S/C27H29NO11.C20H35N2.2HI/c1-10-22(31)13(28)6-17(38-10)39-15-8-27(36,16(30)9-29)7-12-19(15)26(35)21-20(24(12)33)23(32)11-4-3-5-14(37-2)18(11)25(21)34;1-3-4-5-6-7-8-9-10-16-22-17-11-13-19(18-22)20-14-12-15-21(20)2;;/h3-5,10,13,15,17,22,29,31,33,35-36H,6-9,28H2,1-2H3;11,13,17-18,20H,3-10,12,14-16H2,1-2H3;2*1H/q;+1;;/p-1/t10-,13-,15-,17-,22+,27-;20-;;/m00../s1. The Morgan fingerprint density at radius 2 is 1.68 bits per heavy atom. The van der Waals surface area contributed by atoms with E-state index in [1.165, 1.54) is 108 Å². The summed E-state index contributed by atoms with van der Waals surface area (Å²) < 4.78 is 19.4. The largest absolute Gasteiger partial charge is 1.00 e. The Morgan fingerprint density at radius 1 is 1.00 bits per heavy atom. The molecule has 7 rings (SSSR count). The highest BCUT2D eigenvalue weighted by Crippen LogP contribution is 2.52. The van der Waals surface area contributed by atoms with Gasteiger partial charge in [-0.2, -0.15) is 0 Å². The van der Waals surface area contributed by atoms with Crippen molar-refractivity contribution in [2.24, 2.45) is 5.73 Å². The van der Waals surface area contributed by atoms with E-state index in [0.717, 1.165) is 0 Å². The van der Waals surface area contributed by atoms with Crippen molar-refractivity contribution in [2.75, 3.05) is 27.3 Å². The summed E-state index contributed by atoms with van der Waals surface area (Å²) in [4.78, 5) is 42.2. The Morgan fingerprint density at radius 3 is 2.32 bits per heavy atom. The molecule has 4 aliphatic rings. The number of fused-ring (bicyclic) bond motifs is 3. The first-order valence-electron chi connectivity index (χ1n) is 21.9. The molecule has 0 bridgehead atoms. The number of rotatable bonds is 15. The van der Waals surface area contributed by atoms with E-state index in [1.54, 1.807) is 6.92 Å². The molecule has 7 N–H and O–H groups in total. The number of methoxy groups -OCH3 is 1. The lowest BCUT2D eigenvalue weighted by atomic mass is 9.72. The van der Waals surface area contributed by atoms with Gasteiger partial charge in [0.05, 0.1) is 42.1 Å². The Bertz CT molecular complexity index is 2060.